The number of carbonyl (C=O) groups excluding carboxylic acids is 2. The minimum atomic E-state index is -0.866. The summed E-state index contributed by atoms with van der Waals surface area (Å²) in [7, 11) is 1.28. The van der Waals surface area contributed by atoms with Crippen LogP contribution in [0.5, 0.6) is 5.75 Å². The summed E-state index contributed by atoms with van der Waals surface area (Å²) in [5.41, 5.74) is -0.0205. The molecule has 2 aliphatic rings. The summed E-state index contributed by atoms with van der Waals surface area (Å²) >= 11 is 6.01. The molecule has 106 valence electrons. The molecular weight excluding hydrogens is 282 g/mol. The second kappa shape index (κ2) is 4.38. The molecule has 3 atom stereocenters. The lowest BCUT2D eigenvalue weighted by Crippen LogP contribution is -2.62. The Kier molecular flexibility index (Phi) is 2.90. The maximum absolute atomic E-state index is 12.2. The first-order chi connectivity index (χ1) is 9.43. The Morgan fingerprint density at radius 1 is 1.55 bits per heavy atom. The number of esters is 1. The Morgan fingerprint density at radius 2 is 2.30 bits per heavy atom. The van der Waals surface area contributed by atoms with Crippen LogP contribution in [0, 0.1) is 5.92 Å². The van der Waals surface area contributed by atoms with E-state index in [1.807, 2.05) is 0 Å². The van der Waals surface area contributed by atoms with Crippen LogP contribution in [0.25, 0.3) is 0 Å². The fourth-order valence-electron chi connectivity index (χ4n) is 3.01. The average molecular weight is 296 g/mol. The minimum absolute atomic E-state index is 0.288. The van der Waals surface area contributed by atoms with Crippen LogP contribution in [0.3, 0.4) is 0 Å². The number of rotatable bonds is 1. The highest BCUT2D eigenvalue weighted by atomic mass is 35.5. The molecule has 2 bridgehead atoms. The number of ether oxygens (including phenoxy) is 2. The predicted octanol–water partition coefficient (Wildman–Crippen LogP) is 1.84. The molecule has 5 nitrogen and oxygen atoms in total. The van der Waals surface area contributed by atoms with Crippen molar-refractivity contribution in [1.82, 2.24) is 5.32 Å². The van der Waals surface area contributed by atoms with Gasteiger partial charge in [0.15, 0.2) is 5.72 Å². The molecule has 1 aromatic carbocycles. The normalized spacial score (nSPS) is 30.9. The first-order valence-electron chi connectivity index (χ1n) is 6.32. The summed E-state index contributed by atoms with van der Waals surface area (Å²) in [4.78, 5) is 24.1. The lowest BCUT2D eigenvalue weighted by atomic mass is 9.75. The van der Waals surface area contributed by atoms with Gasteiger partial charge >= 0.3 is 5.97 Å². The Morgan fingerprint density at radius 3 is 3.00 bits per heavy atom. The van der Waals surface area contributed by atoms with Crippen molar-refractivity contribution >= 4 is 23.5 Å². The molecule has 0 spiro atoms. The first-order valence-corrected chi connectivity index (χ1v) is 6.70. The van der Waals surface area contributed by atoms with Crippen LogP contribution >= 0.6 is 11.6 Å². The highest BCUT2D eigenvalue weighted by Crippen LogP contribution is 2.47. The maximum atomic E-state index is 12.2. The molecule has 1 aromatic rings. The zero-order valence-electron chi connectivity index (χ0n) is 11.1. The van der Waals surface area contributed by atoms with Gasteiger partial charge in [-0.3, -0.25) is 9.59 Å². The van der Waals surface area contributed by atoms with Gasteiger partial charge in [-0.2, -0.15) is 0 Å². The van der Waals surface area contributed by atoms with E-state index in [0.29, 0.717) is 17.2 Å². The number of methoxy groups -OCH3 is 1. The summed E-state index contributed by atoms with van der Waals surface area (Å²) < 4.78 is 10.6. The highest BCUT2D eigenvalue weighted by Gasteiger charge is 2.52. The zero-order valence-corrected chi connectivity index (χ0v) is 11.9. The summed E-state index contributed by atoms with van der Waals surface area (Å²) in [5.74, 6) is -1.43. The fraction of sp³-hybridized carbons (Fsp3) is 0.429. The minimum Gasteiger partial charge on any atom is -0.468 e. The zero-order chi connectivity index (χ0) is 14.5. The molecule has 3 rings (SSSR count). The Labute approximate surface area is 121 Å². The first kappa shape index (κ1) is 13.2. The molecule has 1 amide bonds. The number of carbonyl (C=O) groups is 2. The third-order valence-corrected chi connectivity index (χ3v) is 4.08. The number of amides is 1. The number of nitrogens with one attached hydrogen (secondary N) is 1. The van der Waals surface area contributed by atoms with Crippen LogP contribution in [0.2, 0.25) is 5.02 Å². The standard InChI is InChI=1S/C14H14ClNO4/c1-14-6-9(11(12(17)16-14)13(18)19-2)8-5-7(15)3-4-10(8)20-14/h3-5,9,11H,6H2,1-2H3,(H,16,17)/t9-,11-,14+/m1/s1. The molecule has 6 heteroatoms. The van der Waals surface area contributed by atoms with Crippen LogP contribution in [0.1, 0.15) is 24.8 Å². The fourth-order valence-corrected chi connectivity index (χ4v) is 3.19. The number of hydrogen-bond acceptors (Lipinski definition) is 4. The molecule has 0 unspecified atom stereocenters. The van der Waals surface area contributed by atoms with Gasteiger partial charge in [0.05, 0.1) is 7.11 Å². The molecular formula is C14H14ClNO4. The van der Waals surface area contributed by atoms with Gasteiger partial charge in [0.2, 0.25) is 5.91 Å². The lowest BCUT2D eigenvalue weighted by Gasteiger charge is -2.46. The van der Waals surface area contributed by atoms with Gasteiger partial charge in [-0.1, -0.05) is 11.6 Å². The van der Waals surface area contributed by atoms with E-state index >= 15 is 0 Å². The van der Waals surface area contributed by atoms with Crippen LogP contribution in [0.15, 0.2) is 18.2 Å². The van der Waals surface area contributed by atoms with E-state index in [0.717, 1.165) is 5.56 Å². The molecule has 0 saturated carbocycles. The second-order valence-electron chi connectivity index (χ2n) is 5.32. The molecule has 0 aromatic heterocycles. The van der Waals surface area contributed by atoms with Crippen molar-refractivity contribution < 1.29 is 19.1 Å². The monoisotopic (exact) mass is 295 g/mol. The molecule has 1 saturated heterocycles. The average Bonchev–Trinajstić information content (AvgIpc) is 2.38. The largest absolute Gasteiger partial charge is 0.468 e. The third-order valence-electron chi connectivity index (χ3n) is 3.84. The summed E-state index contributed by atoms with van der Waals surface area (Å²) in [6.07, 6.45) is 0.506. The van der Waals surface area contributed by atoms with E-state index in [1.165, 1.54) is 7.11 Å². The molecule has 1 fully saturated rings. The molecule has 0 radical (unpaired) electrons. The van der Waals surface area contributed by atoms with Gasteiger partial charge in [-0.05, 0) is 25.1 Å². The number of halogens is 1. The number of fused-ring (bicyclic) bond motifs is 4. The van der Waals surface area contributed by atoms with E-state index in [9.17, 15) is 9.59 Å². The van der Waals surface area contributed by atoms with E-state index in [1.54, 1.807) is 25.1 Å². The summed E-state index contributed by atoms with van der Waals surface area (Å²) in [5, 5.41) is 3.30. The van der Waals surface area contributed by atoms with Crippen LogP contribution in [0.4, 0.5) is 0 Å². The topological polar surface area (TPSA) is 64.6 Å². The van der Waals surface area contributed by atoms with Crippen molar-refractivity contribution in [2.45, 2.75) is 25.0 Å². The van der Waals surface area contributed by atoms with Crippen molar-refractivity contribution in [3.63, 3.8) is 0 Å². The maximum Gasteiger partial charge on any atom is 0.318 e. The molecule has 0 aliphatic carbocycles. The molecule has 2 heterocycles. The third kappa shape index (κ3) is 1.93. The summed E-state index contributed by atoms with van der Waals surface area (Å²) in [6, 6.07) is 5.23. The number of hydrogen-bond donors (Lipinski definition) is 1. The van der Waals surface area contributed by atoms with E-state index in [-0.39, 0.29) is 11.8 Å². The molecule has 2 aliphatic heterocycles. The van der Waals surface area contributed by atoms with Gasteiger partial charge in [-0.15, -0.1) is 0 Å². The number of benzene rings is 1. The van der Waals surface area contributed by atoms with E-state index in [4.69, 9.17) is 21.1 Å². The van der Waals surface area contributed by atoms with Crippen LogP contribution in [-0.2, 0) is 14.3 Å². The Hall–Kier alpha value is -1.75. The quantitative estimate of drug-likeness (QED) is 0.634. The van der Waals surface area contributed by atoms with E-state index in [2.05, 4.69) is 5.32 Å². The highest BCUT2D eigenvalue weighted by molar-refractivity contribution is 6.30. The van der Waals surface area contributed by atoms with Gasteiger partial charge < -0.3 is 14.8 Å². The van der Waals surface area contributed by atoms with Crippen molar-refractivity contribution in [3.8, 4) is 5.75 Å². The Balaban J connectivity index is 2.12. The van der Waals surface area contributed by atoms with Crippen molar-refractivity contribution in [3.05, 3.63) is 28.8 Å². The van der Waals surface area contributed by atoms with Crippen LogP contribution in [-0.4, -0.2) is 24.7 Å². The SMILES string of the molecule is COC(=O)[C@H]1C(=O)N[C@]2(C)C[C@@H]1c1cc(Cl)ccc1O2. The van der Waals surface area contributed by atoms with Gasteiger partial charge in [0.1, 0.15) is 11.7 Å². The predicted molar refractivity (Wildman–Crippen MR) is 71.5 cm³/mol. The number of piperidine rings is 1. The van der Waals surface area contributed by atoms with Crippen molar-refractivity contribution in [2.24, 2.45) is 5.92 Å². The molecule has 20 heavy (non-hydrogen) atoms. The van der Waals surface area contributed by atoms with Gasteiger partial charge in [-0.25, -0.2) is 0 Å². The smallest absolute Gasteiger partial charge is 0.318 e. The lowest BCUT2D eigenvalue weighted by molar-refractivity contribution is -0.158. The van der Waals surface area contributed by atoms with Crippen LogP contribution < -0.4 is 10.1 Å². The Bertz CT molecular complexity index is 603. The van der Waals surface area contributed by atoms with Crippen molar-refractivity contribution in [2.75, 3.05) is 7.11 Å². The second-order valence-corrected chi connectivity index (χ2v) is 5.75. The van der Waals surface area contributed by atoms with Crippen molar-refractivity contribution in [1.29, 1.82) is 0 Å². The summed E-state index contributed by atoms with van der Waals surface area (Å²) in [6.45, 7) is 1.79. The van der Waals surface area contributed by atoms with E-state index < -0.39 is 17.6 Å². The molecule has 1 N–H and O–H groups in total. The van der Waals surface area contributed by atoms with Gasteiger partial charge in [0.25, 0.3) is 0 Å². The van der Waals surface area contributed by atoms with Gasteiger partial charge in [0, 0.05) is 22.9 Å².